The van der Waals surface area contributed by atoms with Crippen molar-refractivity contribution >= 4 is 27.8 Å². The molecule has 2 bridgehead atoms. The molecule has 3 N–H and O–H groups in total. The number of ether oxygens (including phenoxy) is 1. The SMILES string of the molecule is COc1nc(N)ncc1C(=O)NC1CC2CCC(C1)N2Cc1ccc(Br)cc1. The van der Waals surface area contributed by atoms with Crippen LogP contribution < -0.4 is 15.8 Å². The second-order valence-electron chi connectivity index (χ2n) is 7.48. The fourth-order valence-corrected chi connectivity index (χ4v) is 4.67. The Bertz CT molecular complexity index is 846. The van der Waals surface area contributed by atoms with Gasteiger partial charge in [0, 0.05) is 35.3 Å². The highest BCUT2D eigenvalue weighted by molar-refractivity contribution is 9.10. The summed E-state index contributed by atoms with van der Waals surface area (Å²) in [6.45, 7) is 0.961. The topological polar surface area (TPSA) is 93.4 Å². The van der Waals surface area contributed by atoms with Gasteiger partial charge in [0.15, 0.2) is 0 Å². The zero-order valence-corrected chi connectivity index (χ0v) is 17.4. The summed E-state index contributed by atoms with van der Waals surface area (Å²) in [7, 11) is 1.47. The number of nitrogens with zero attached hydrogens (tertiary/aromatic N) is 3. The van der Waals surface area contributed by atoms with Crippen molar-refractivity contribution in [2.45, 2.75) is 50.4 Å². The van der Waals surface area contributed by atoms with Crippen molar-refractivity contribution in [3.63, 3.8) is 0 Å². The molecule has 28 heavy (non-hydrogen) atoms. The number of fused-ring (bicyclic) bond motifs is 2. The number of amides is 1. The predicted octanol–water partition coefficient (Wildman–Crippen LogP) is 2.76. The Morgan fingerprint density at radius 3 is 2.61 bits per heavy atom. The average molecular weight is 446 g/mol. The minimum absolute atomic E-state index is 0.0905. The van der Waals surface area contributed by atoms with Gasteiger partial charge in [-0.3, -0.25) is 9.69 Å². The summed E-state index contributed by atoms with van der Waals surface area (Å²) in [6, 6.07) is 9.66. The van der Waals surface area contributed by atoms with E-state index in [2.05, 4.69) is 60.4 Å². The number of hydrogen-bond donors (Lipinski definition) is 2. The number of nitrogens with one attached hydrogen (secondary N) is 1. The first-order chi connectivity index (χ1) is 13.5. The minimum Gasteiger partial charge on any atom is -0.480 e. The van der Waals surface area contributed by atoms with Crippen LogP contribution in [0, 0.1) is 0 Å². The summed E-state index contributed by atoms with van der Waals surface area (Å²) < 4.78 is 6.28. The van der Waals surface area contributed by atoms with Gasteiger partial charge in [0.05, 0.1) is 7.11 Å². The second kappa shape index (κ2) is 8.05. The van der Waals surface area contributed by atoms with E-state index >= 15 is 0 Å². The molecule has 2 aliphatic heterocycles. The monoisotopic (exact) mass is 445 g/mol. The molecule has 1 aromatic heterocycles. The Hall–Kier alpha value is -2.19. The lowest BCUT2D eigenvalue weighted by molar-refractivity contribution is 0.0824. The van der Waals surface area contributed by atoms with Gasteiger partial charge in [-0.05, 0) is 43.4 Å². The molecule has 0 spiro atoms. The summed E-state index contributed by atoms with van der Waals surface area (Å²) in [5, 5.41) is 3.15. The third-order valence-corrected chi connectivity index (χ3v) is 6.24. The summed E-state index contributed by atoms with van der Waals surface area (Å²) in [4.78, 5) is 23.2. The van der Waals surface area contributed by atoms with Crippen LogP contribution in [0.5, 0.6) is 5.88 Å². The Labute approximate surface area is 172 Å². The van der Waals surface area contributed by atoms with E-state index in [1.807, 2.05) is 0 Å². The van der Waals surface area contributed by atoms with Gasteiger partial charge in [0.25, 0.3) is 5.91 Å². The first-order valence-corrected chi connectivity index (χ1v) is 10.3. The van der Waals surface area contributed by atoms with Gasteiger partial charge in [0.2, 0.25) is 11.8 Å². The molecule has 2 unspecified atom stereocenters. The van der Waals surface area contributed by atoms with Gasteiger partial charge in [-0.2, -0.15) is 4.98 Å². The first-order valence-electron chi connectivity index (χ1n) is 9.51. The number of hydrogen-bond acceptors (Lipinski definition) is 6. The Morgan fingerprint density at radius 2 is 1.96 bits per heavy atom. The molecule has 0 saturated carbocycles. The molecular weight excluding hydrogens is 422 g/mol. The molecule has 1 amide bonds. The summed E-state index contributed by atoms with van der Waals surface area (Å²) in [5.41, 5.74) is 7.22. The average Bonchev–Trinajstić information content (AvgIpc) is 2.91. The van der Waals surface area contributed by atoms with E-state index in [9.17, 15) is 4.79 Å². The summed E-state index contributed by atoms with van der Waals surface area (Å²) in [6.07, 6.45) is 5.70. The van der Waals surface area contributed by atoms with E-state index in [-0.39, 0.29) is 23.8 Å². The normalized spacial score (nSPS) is 24.1. The molecule has 1 aromatic carbocycles. The molecule has 7 nitrogen and oxygen atoms in total. The highest BCUT2D eigenvalue weighted by atomic mass is 79.9. The third kappa shape index (κ3) is 3.98. The molecule has 2 atom stereocenters. The van der Waals surface area contributed by atoms with Gasteiger partial charge in [0.1, 0.15) is 5.56 Å². The van der Waals surface area contributed by atoms with Gasteiger partial charge in [-0.15, -0.1) is 0 Å². The number of halogens is 1. The lowest BCUT2D eigenvalue weighted by Gasteiger charge is -2.39. The standard InChI is InChI=1S/C20H24BrN5O2/c1-28-19-17(10-23-20(22)25-19)18(27)24-14-8-15-6-7-16(9-14)26(15)11-12-2-4-13(21)5-3-12/h2-5,10,14-16H,6-9,11H2,1H3,(H,24,27)(H2,22,23,25). The molecule has 2 saturated heterocycles. The molecule has 3 heterocycles. The lowest BCUT2D eigenvalue weighted by Crippen LogP contribution is -2.50. The number of methoxy groups -OCH3 is 1. The molecule has 2 aliphatic rings. The van der Waals surface area contributed by atoms with Crippen LogP contribution in [0.15, 0.2) is 34.9 Å². The predicted molar refractivity (Wildman–Crippen MR) is 110 cm³/mol. The van der Waals surface area contributed by atoms with E-state index in [0.29, 0.717) is 17.6 Å². The van der Waals surface area contributed by atoms with Crippen molar-refractivity contribution < 1.29 is 9.53 Å². The van der Waals surface area contributed by atoms with E-state index in [4.69, 9.17) is 10.5 Å². The maximum absolute atomic E-state index is 12.7. The van der Waals surface area contributed by atoms with Gasteiger partial charge >= 0.3 is 0 Å². The van der Waals surface area contributed by atoms with E-state index < -0.39 is 0 Å². The maximum Gasteiger partial charge on any atom is 0.258 e. The number of piperidine rings is 1. The Balaban J connectivity index is 1.40. The van der Waals surface area contributed by atoms with Crippen molar-refractivity contribution in [3.8, 4) is 5.88 Å². The van der Waals surface area contributed by atoms with E-state index in [1.165, 1.54) is 31.7 Å². The van der Waals surface area contributed by atoms with Crippen LogP contribution in [0.2, 0.25) is 0 Å². The van der Waals surface area contributed by atoms with Crippen LogP contribution in [-0.2, 0) is 6.54 Å². The molecular formula is C20H24BrN5O2. The van der Waals surface area contributed by atoms with Crippen LogP contribution in [0.25, 0.3) is 0 Å². The van der Waals surface area contributed by atoms with Crippen molar-refractivity contribution in [2.24, 2.45) is 0 Å². The lowest BCUT2D eigenvalue weighted by atomic mass is 9.96. The number of anilines is 1. The van der Waals surface area contributed by atoms with Crippen LogP contribution in [0.4, 0.5) is 5.95 Å². The summed E-state index contributed by atoms with van der Waals surface area (Å²) in [5.74, 6) is 0.0935. The maximum atomic E-state index is 12.7. The number of benzene rings is 1. The smallest absolute Gasteiger partial charge is 0.258 e. The second-order valence-corrected chi connectivity index (χ2v) is 8.39. The summed E-state index contributed by atoms with van der Waals surface area (Å²) >= 11 is 3.49. The van der Waals surface area contributed by atoms with Gasteiger partial charge in [-0.25, -0.2) is 4.98 Å². The zero-order chi connectivity index (χ0) is 19.7. The minimum atomic E-state index is -0.206. The van der Waals surface area contributed by atoms with E-state index in [1.54, 1.807) is 0 Å². The first kappa shape index (κ1) is 19.1. The zero-order valence-electron chi connectivity index (χ0n) is 15.8. The fourth-order valence-electron chi connectivity index (χ4n) is 4.40. The highest BCUT2D eigenvalue weighted by Crippen LogP contribution is 2.37. The largest absolute Gasteiger partial charge is 0.480 e. The van der Waals surface area contributed by atoms with Crippen molar-refractivity contribution in [1.29, 1.82) is 0 Å². The number of nitrogen functional groups attached to an aromatic ring is 1. The molecule has 0 radical (unpaired) electrons. The number of nitrogens with two attached hydrogens (primary N) is 1. The Morgan fingerprint density at radius 1 is 1.29 bits per heavy atom. The molecule has 2 fully saturated rings. The fraction of sp³-hybridized carbons (Fsp3) is 0.450. The number of rotatable bonds is 5. The molecule has 8 heteroatoms. The number of aromatic nitrogens is 2. The van der Waals surface area contributed by atoms with Crippen LogP contribution in [-0.4, -0.2) is 46.0 Å². The van der Waals surface area contributed by atoms with E-state index in [0.717, 1.165) is 23.9 Å². The highest BCUT2D eigenvalue weighted by Gasteiger charge is 2.41. The van der Waals surface area contributed by atoms with Crippen LogP contribution in [0.3, 0.4) is 0 Å². The number of carbonyl (C=O) groups excluding carboxylic acids is 1. The molecule has 148 valence electrons. The van der Waals surface area contributed by atoms with Crippen molar-refractivity contribution in [3.05, 3.63) is 46.1 Å². The van der Waals surface area contributed by atoms with Crippen molar-refractivity contribution in [2.75, 3.05) is 12.8 Å². The quantitative estimate of drug-likeness (QED) is 0.734. The van der Waals surface area contributed by atoms with Crippen molar-refractivity contribution in [1.82, 2.24) is 20.2 Å². The molecule has 4 rings (SSSR count). The third-order valence-electron chi connectivity index (χ3n) is 5.71. The molecule has 2 aromatic rings. The van der Waals surface area contributed by atoms with Gasteiger partial charge < -0.3 is 15.8 Å². The number of carbonyl (C=O) groups is 1. The Kier molecular flexibility index (Phi) is 5.50. The molecule has 0 aliphatic carbocycles. The van der Waals surface area contributed by atoms with Crippen LogP contribution >= 0.6 is 15.9 Å². The van der Waals surface area contributed by atoms with Gasteiger partial charge in [-0.1, -0.05) is 28.1 Å². The van der Waals surface area contributed by atoms with Crippen LogP contribution in [0.1, 0.15) is 41.6 Å².